The Labute approximate surface area is 164 Å². The van der Waals surface area contributed by atoms with E-state index in [0.29, 0.717) is 23.7 Å². The number of aromatic nitrogens is 2. The van der Waals surface area contributed by atoms with Crippen molar-refractivity contribution in [2.75, 3.05) is 0 Å². The molecule has 1 heterocycles. The van der Waals surface area contributed by atoms with Crippen molar-refractivity contribution in [1.82, 2.24) is 10.2 Å². The average molecular weight is 426 g/mol. The Hall–Kier alpha value is -1.46. The maximum absolute atomic E-state index is 10.6. The van der Waals surface area contributed by atoms with Crippen LogP contribution in [0.1, 0.15) is 58.4 Å². The molecule has 1 atom stereocenters. The molecule has 1 saturated carbocycles. The lowest BCUT2D eigenvalue weighted by molar-refractivity contribution is -0.192. The molecule has 1 aliphatic carbocycles. The van der Waals surface area contributed by atoms with E-state index in [4.69, 9.17) is 24.5 Å². The van der Waals surface area contributed by atoms with Gasteiger partial charge in [-0.25, -0.2) is 4.79 Å². The number of hydrogen-bond donors (Lipinski definition) is 2. The van der Waals surface area contributed by atoms with Crippen LogP contribution in [0.5, 0.6) is 0 Å². The highest BCUT2D eigenvalue weighted by Crippen LogP contribution is 2.39. The molecule has 0 spiro atoms. The van der Waals surface area contributed by atoms with Crippen LogP contribution < -0.4 is 5.73 Å². The molecule has 11 heteroatoms. The van der Waals surface area contributed by atoms with Crippen molar-refractivity contribution in [1.29, 1.82) is 0 Å². The molecule has 0 bridgehead atoms. The number of nitrogens with two attached hydrogens (primary N) is 1. The molecule has 162 valence electrons. The van der Waals surface area contributed by atoms with Crippen LogP contribution in [0.4, 0.5) is 13.2 Å². The number of carboxylic acid groups (broad SMARTS) is 1. The predicted octanol–water partition coefficient (Wildman–Crippen LogP) is 4.07. The molecule has 1 aliphatic rings. The summed E-state index contributed by atoms with van der Waals surface area (Å²) < 4.78 is 43.8. The van der Waals surface area contributed by atoms with Gasteiger partial charge in [0.2, 0.25) is 11.8 Å². The van der Waals surface area contributed by atoms with Crippen LogP contribution in [0.15, 0.2) is 4.42 Å². The smallest absolute Gasteiger partial charge is 0.475 e. The van der Waals surface area contributed by atoms with E-state index >= 15 is 0 Å². The van der Waals surface area contributed by atoms with Gasteiger partial charge in [0.15, 0.2) is 8.32 Å². The molecule has 0 saturated heterocycles. The first kappa shape index (κ1) is 24.6. The van der Waals surface area contributed by atoms with Gasteiger partial charge >= 0.3 is 12.1 Å². The third-order valence-corrected chi connectivity index (χ3v) is 9.64. The fourth-order valence-electron chi connectivity index (χ4n) is 2.38. The second kappa shape index (κ2) is 8.91. The predicted molar refractivity (Wildman–Crippen MR) is 99.1 cm³/mol. The number of hydrogen-bond acceptors (Lipinski definition) is 6. The fraction of sp³-hybridized carbons (Fsp3) is 0.824. The van der Waals surface area contributed by atoms with Crippen molar-refractivity contribution in [2.45, 2.75) is 83.4 Å². The second-order valence-electron chi connectivity index (χ2n) is 8.66. The molecule has 0 aromatic carbocycles. The molecule has 0 amide bonds. The monoisotopic (exact) mass is 425 g/mol. The third-order valence-electron chi connectivity index (χ3n) is 5.09. The van der Waals surface area contributed by atoms with Crippen molar-refractivity contribution < 1.29 is 31.9 Å². The number of nitrogens with zero attached hydrogens (tertiary/aromatic N) is 2. The van der Waals surface area contributed by atoms with Crippen LogP contribution in [0.3, 0.4) is 0 Å². The van der Waals surface area contributed by atoms with Gasteiger partial charge in [-0.3, -0.25) is 0 Å². The third kappa shape index (κ3) is 7.17. The summed E-state index contributed by atoms with van der Waals surface area (Å²) in [5, 5.41) is 15.6. The van der Waals surface area contributed by atoms with E-state index in [1.807, 2.05) is 6.92 Å². The zero-order valence-electron chi connectivity index (χ0n) is 17.1. The minimum atomic E-state index is -5.08. The minimum absolute atomic E-state index is 0.143. The summed E-state index contributed by atoms with van der Waals surface area (Å²) in [7, 11) is -1.82. The topological polar surface area (TPSA) is 111 Å². The lowest BCUT2D eigenvalue weighted by atomic mass is 9.79. The number of aliphatic carboxylic acids is 1. The Morgan fingerprint density at radius 2 is 1.82 bits per heavy atom. The fourth-order valence-corrected chi connectivity index (χ4v) is 3.72. The number of carboxylic acids is 1. The Morgan fingerprint density at radius 1 is 1.32 bits per heavy atom. The maximum atomic E-state index is 10.6. The summed E-state index contributed by atoms with van der Waals surface area (Å²) in [4.78, 5) is 8.90. The first-order valence-electron chi connectivity index (χ1n) is 9.08. The Kier molecular flexibility index (Phi) is 7.82. The minimum Gasteiger partial charge on any atom is -0.475 e. The van der Waals surface area contributed by atoms with E-state index in [0.717, 1.165) is 19.3 Å². The summed E-state index contributed by atoms with van der Waals surface area (Å²) in [5.41, 5.74) is 5.80. The normalized spacial score (nSPS) is 21.4. The number of carbonyl (C=O) groups is 1. The summed E-state index contributed by atoms with van der Waals surface area (Å²) >= 11 is 0. The van der Waals surface area contributed by atoms with Gasteiger partial charge in [-0.05, 0) is 43.8 Å². The molecule has 28 heavy (non-hydrogen) atoms. The van der Waals surface area contributed by atoms with Crippen molar-refractivity contribution in [3.05, 3.63) is 11.8 Å². The maximum Gasteiger partial charge on any atom is 0.490 e. The molecule has 0 radical (unpaired) electrons. The number of alkyl halides is 3. The largest absolute Gasteiger partial charge is 0.490 e. The SMILES string of the molecule is C[C@H](O[Si](C)(C)C(C)(C)C)c1nnc(C[C@H]2C[C@H](N)C2)o1.O=C(O)C(F)(F)F. The lowest BCUT2D eigenvalue weighted by Gasteiger charge is -2.37. The zero-order valence-corrected chi connectivity index (χ0v) is 18.1. The summed E-state index contributed by atoms with van der Waals surface area (Å²) in [6.45, 7) is 13.1. The van der Waals surface area contributed by atoms with Crippen molar-refractivity contribution in [3.8, 4) is 0 Å². The van der Waals surface area contributed by atoms with Crippen LogP contribution >= 0.6 is 0 Å². The highest BCUT2D eigenvalue weighted by Gasteiger charge is 2.40. The molecule has 1 fully saturated rings. The average Bonchev–Trinajstić information content (AvgIpc) is 2.92. The second-order valence-corrected chi connectivity index (χ2v) is 13.4. The molecule has 1 aromatic rings. The Bertz CT molecular complexity index is 653. The number of halogens is 3. The molecule has 2 rings (SSSR count). The first-order chi connectivity index (χ1) is 12.5. The van der Waals surface area contributed by atoms with E-state index in [1.165, 1.54) is 0 Å². The molecule has 3 N–H and O–H groups in total. The van der Waals surface area contributed by atoms with Crippen LogP contribution in [0, 0.1) is 5.92 Å². The van der Waals surface area contributed by atoms with E-state index in [2.05, 4.69) is 44.1 Å². The molecule has 0 aliphatic heterocycles. The van der Waals surface area contributed by atoms with Gasteiger partial charge in [0.1, 0.15) is 6.10 Å². The number of rotatable bonds is 5. The van der Waals surface area contributed by atoms with Gasteiger partial charge in [0, 0.05) is 12.5 Å². The van der Waals surface area contributed by atoms with Crippen molar-refractivity contribution in [3.63, 3.8) is 0 Å². The van der Waals surface area contributed by atoms with Gasteiger partial charge in [-0.15, -0.1) is 10.2 Å². The van der Waals surface area contributed by atoms with Gasteiger partial charge in [-0.1, -0.05) is 20.8 Å². The molecular formula is C17H30F3N3O4Si. The van der Waals surface area contributed by atoms with Crippen LogP contribution in [-0.2, 0) is 15.6 Å². The van der Waals surface area contributed by atoms with Crippen LogP contribution in [0.25, 0.3) is 0 Å². The highest BCUT2D eigenvalue weighted by molar-refractivity contribution is 6.74. The lowest BCUT2D eigenvalue weighted by Crippen LogP contribution is -2.41. The zero-order chi connectivity index (χ0) is 21.9. The van der Waals surface area contributed by atoms with E-state index in [9.17, 15) is 13.2 Å². The van der Waals surface area contributed by atoms with Crippen LogP contribution in [0.2, 0.25) is 18.1 Å². The molecule has 1 aromatic heterocycles. The molecule has 0 unspecified atom stereocenters. The van der Waals surface area contributed by atoms with Gasteiger partial charge in [0.25, 0.3) is 0 Å². The molecular weight excluding hydrogens is 395 g/mol. The van der Waals surface area contributed by atoms with Crippen molar-refractivity contribution >= 4 is 14.3 Å². The Morgan fingerprint density at radius 3 is 2.21 bits per heavy atom. The Balaban J connectivity index is 0.000000480. The van der Waals surface area contributed by atoms with E-state index < -0.39 is 20.5 Å². The van der Waals surface area contributed by atoms with E-state index in [-0.39, 0.29) is 11.1 Å². The quantitative estimate of drug-likeness (QED) is 0.684. The molecule has 7 nitrogen and oxygen atoms in total. The summed E-state index contributed by atoms with van der Waals surface area (Å²) in [5.74, 6) is -0.844. The summed E-state index contributed by atoms with van der Waals surface area (Å²) in [6, 6.07) is 0.359. The van der Waals surface area contributed by atoms with Gasteiger partial charge in [-0.2, -0.15) is 13.2 Å². The highest BCUT2D eigenvalue weighted by atomic mass is 28.4. The van der Waals surface area contributed by atoms with Crippen molar-refractivity contribution in [2.24, 2.45) is 11.7 Å². The first-order valence-corrected chi connectivity index (χ1v) is 12.0. The standard InChI is InChI=1S/C15H29N3O2Si.C2HF3O2/c1-10(20-21(5,6)15(2,3)4)14-18-17-13(19-14)9-11-7-12(16)8-11;3-2(4,5)1(6)7/h10-12H,7-9,16H2,1-6H3;(H,6,7)/t10-,11-,12-;/m0./s1. The summed E-state index contributed by atoms with van der Waals surface area (Å²) in [6.07, 6.45) is -2.26. The van der Waals surface area contributed by atoms with Gasteiger partial charge < -0.3 is 19.7 Å². The van der Waals surface area contributed by atoms with E-state index in [1.54, 1.807) is 0 Å². The van der Waals surface area contributed by atoms with Crippen LogP contribution in [-0.4, -0.2) is 41.8 Å². The van der Waals surface area contributed by atoms with Gasteiger partial charge in [0.05, 0.1) is 0 Å².